The molecule has 0 rings (SSSR count). The fourth-order valence-electron chi connectivity index (χ4n) is 2.53. The highest BCUT2D eigenvalue weighted by Crippen LogP contribution is 2.87. The zero-order valence-electron chi connectivity index (χ0n) is 19.0. The van der Waals surface area contributed by atoms with Crippen molar-refractivity contribution in [2.24, 2.45) is 0 Å². The topological polar surface area (TPSA) is 124 Å². The van der Waals surface area contributed by atoms with Crippen LogP contribution in [0, 0.1) is 0 Å². The molecule has 0 N–H and O–H groups in total. The monoisotopic (exact) mass is 602 g/mol. The van der Waals surface area contributed by atoms with Crippen LogP contribution in [0.15, 0.2) is 0 Å². The molecule has 0 aliphatic heterocycles. The van der Waals surface area contributed by atoms with Crippen molar-refractivity contribution in [3.05, 3.63) is 0 Å². The van der Waals surface area contributed by atoms with Crippen LogP contribution in [-0.4, -0.2) is 54.2 Å². The predicted octanol–water partition coefficient (Wildman–Crippen LogP) is 7.72. The smallest absolute Gasteiger partial charge is 0.317 e. The lowest BCUT2D eigenvalue weighted by Gasteiger charge is -2.37. The molecule has 0 aromatic carbocycles. The van der Waals surface area contributed by atoms with E-state index in [4.69, 9.17) is 61.9 Å². The average molecular weight is 604 g/mol. The molecule has 194 valence electrons. The standard InChI is InChI=1S/C15H33Cl3O10P4/c1-7-23-30(20,24-8-2)13(16)29(19,14(17)31(21,25-9-3)26-10-4)15(18)32(22,27-11-5)28-12-6/h13-15H,7-12H2,1-6H3. The van der Waals surface area contributed by atoms with Crippen LogP contribution in [0.1, 0.15) is 41.5 Å². The van der Waals surface area contributed by atoms with Crippen LogP contribution in [0.4, 0.5) is 0 Å². The maximum absolute atomic E-state index is 14.5. The third-order valence-corrected chi connectivity index (χ3v) is 21.6. The Morgan fingerprint density at radius 3 is 0.750 bits per heavy atom. The third kappa shape index (κ3) is 7.77. The van der Waals surface area contributed by atoms with Crippen molar-refractivity contribution >= 4 is 64.7 Å². The molecule has 0 amide bonds. The number of rotatable bonds is 18. The summed E-state index contributed by atoms with van der Waals surface area (Å²) >= 11 is 19.3. The SMILES string of the molecule is CCOP(=O)(OCC)C(Cl)P(=O)(C(Cl)P(=O)(OCC)OCC)C(Cl)P(=O)(OCC)OCC. The van der Waals surface area contributed by atoms with Crippen LogP contribution >= 0.6 is 64.7 Å². The first-order valence-electron chi connectivity index (χ1n) is 10.0. The molecule has 0 radical (unpaired) electrons. The maximum Gasteiger partial charge on any atom is 0.355 e. The molecule has 0 aliphatic carbocycles. The van der Waals surface area contributed by atoms with Crippen molar-refractivity contribution in [3.63, 3.8) is 0 Å². The van der Waals surface area contributed by atoms with Crippen molar-refractivity contribution in [2.75, 3.05) is 39.6 Å². The van der Waals surface area contributed by atoms with Gasteiger partial charge in [-0.25, -0.2) is 0 Å². The summed E-state index contributed by atoms with van der Waals surface area (Å²) in [5.74, 6) is 0. The van der Waals surface area contributed by atoms with Gasteiger partial charge in [-0.3, -0.25) is 13.7 Å². The normalized spacial score (nSPS) is 18.2. The second-order valence-electron chi connectivity index (χ2n) is 5.82. The first-order chi connectivity index (χ1) is 14.8. The van der Waals surface area contributed by atoms with Gasteiger partial charge in [-0.1, -0.05) is 0 Å². The molecule has 0 aliphatic rings. The second kappa shape index (κ2) is 15.0. The van der Waals surface area contributed by atoms with Crippen LogP contribution < -0.4 is 0 Å². The van der Waals surface area contributed by atoms with Gasteiger partial charge in [-0.2, -0.15) is 0 Å². The first kappa shape index (κ1) is 33.5. The minimum Gasteiger partial charge on any atom is -0.317 e. The number of alkyl halides is 3. The minimum absolute atomic E-state index is 0.135. The lowest BCUT2D eigenvalue weighted by Crippen LogP contribution is -2.23. The summed E-state index contributed by atoms with van der Waals surface area (Å²) < 4.78 is 86.1. The van der Waals surface area contributed by atoms with Crippen molar-refractivity contribution in [2.45, 2.75) is 56.1 Å². The Kier molecular flexibility index (Phi) is 15.7. The number of halogens is 3. The van der Waals surface area contributed by atoms with Crippen LogP contribution in [0.2, 0.25) is 0 Å². The van der Waals surface area contributed by atoms with Gasteiger partial charge < -0.3 is 31.7 Å². The summed E-state index contributed by atoms with van der Waals surface area (Å²) in [6.07, 6.45) is 0. The Balaban J connectivity index is 7.01. The van der Waals surface area contributed by atoms with E-state index in [2.05, 4.69) is 0 Å². The molecule has 32 heavy (non-hydrogen) atoms. The summed E-state index contributed by atoms with van der Waals surface area (Å²) in [4.78, 5) is -6.20. The predicted molar refractivity (Wildman–Crippen MR) is 129 cm³/mol. The zero-order valence-corrected chi connectivity index (χ0v) is 24.8. The highest BCUT2D eigenvalue weighted by atomic mass is 35.5. The van der Waals surface area contributed by atoms with Crippen molar-refractivity contribution in [1.29, 1.82) is 0 Å². The van der Waals surface area contributed by atoms with Crippen LogP contribution in [0.25, 0.3) is 0 Å². The van der Waals surface area contributed by atoms with Gasteiger partial charge in [-0.15, -0.1) is 34.8 Å². The largest absolute Gasteiger partial charge is 0.355 e. The maximum atomic E-state index is 14.5. The van der Waals surface area contributed by atoms with Crippen LogP contribution in [0.5, 0.6) is 0 Å². The molecular weight excluding hydrogens is 570 g/mol. The lowest BCUT2D eigenvalue weighted by molar-refractivity contribution is 0.220. The van der Waals surface area contributed by atoms with Crippen molar-refractivity contribution in [3.8, 4) is 0 Å². The summed E-state index contributed by atoms with van der Waals surface area (Å²) in [6.45, 7) is 8.23. The molecule has 0 aromatic heterocycles. The summed E-state index contributed by atoms with van der Waals surface area (Å²) in [5.41, 5.74) is 0. The molecule has 10 nitrogen and oxygen atoms in total. The van der Waals surface area contributed by atoms with Gasteiger partial charge in [0.05, 0.1) is 39.6 Å². The van der Waals surface area contributed by atoms with E-state index in [-0.39, 0.29) is 39.6 Å². The number of hydrogen-bond acceptors (Lipinski definition) is 10. The molecule has 3 unspecified atom stereocenters. The van der Waals surface area contributed by atoms with Gasteiger partial charge in [0, 0.05) is 0 Å². The average Bonchev–Trinajstić information content (AvgIpc) is 2.72. The lowest BCUT2D eigenvalue weighted by atomic mass is 10.9. The van der Waals surface area contributed by atoms with E-state index >= 15 is 0 Å². The Morgan fingerprint density at radius 1 is 0.469 bits per heavy atom. The second-order valence-corrected chi connectivity index (χ2v) is 19.6. The molecule has 0 saturated heterocycles. The fourth-order valence-corrected chi connectivity index (χ4v) is 21.1. The molecule has 0 aromatic rings. The molecule has 0 spiro atoms. The van der Waals surface area contributed by atoms with E-state index < -0.39 is 44.5 Å². The zero-order chi connectivity index (χ0) is 25.2. The Labute approximate surface area is 205 Å². The number of hydrogen-bond donors (Lipinski definition) is 0. The Bertz CT molecular complexity index is 630. The fraction of sp³-hybridized carbons (Fsp3) is 1.00. The Morgan fingerprint density at radius 2 is 0.625 bits per heavy atom. The van der Waals surface area contributed by atoms with Gasteiger partial charge in [0.25, 0.3) is 0 Å². The van der Waals surface area contributed by atoms with Crippen LogP contribution in [0.3, 0.4) is 0 Å². The van der Waals surface area contributed by atoms with E-state index in [1.165, 1.54) is 41.5 Å². The molecule has 0 heterocycles. The van der Waals surface area contributed by atoms with Gasteiger partial charge in [0.1, 0.15) is 0 Å². The van der Waals surface area contributed by atoms with E-state index in [0.717, 1.165) is 0 Å². The van der Waals surface area contributed by atoms with Gasteiger partial charge >= 0.3 is 22.8 Å². The van der Waals surface area contributed by atoms with Crippen molar-refractivity contribution < 1.29 is 45.4 Å². The van der Waals surface area contributed by atoms with E-state index in [0.29, 0.717) is 0 Å². The molecule has 17 heteroatoms. The van der Waals surface area contributed by atoms with E-state index in [9.17, 15) is 18.3 Å². The molecule has 3 atom stereocenters. The van der Waals surface area contributed by atoms with E-state index in [1.807, 2.05) is 0 Å². The Hall–Kier alpha value is 1.55. The van der Waals surface area contributed by atoms with Crippen molar-refractivity contribution in [1.82, 2.24) is 0 Å². The molecule has 0 fully saturated rings. The molecular formula is C15H33Cl3O10P4. The first-order valence-corrected chi connectivity index (χ1v) is 18.1. The van der Waals surface area contributed by atoms with Crippen LogP contribution in [-0.2, 0) is 45.4 Å². The van der Waals surface area contributed by atoms with Gasteiger partial charge in [-0.05, 0) is 41.5 Å². The summed E-state index contributed by atoms with van der Waals surface area (Å²) in [7, 11) is -17.9. The molecule has 0 saturated carbocycles. The van der Waals surface area contributed by atoms with Gasteiger partial charge in [0.15, 0.2) is 21.7 Å². The van der Waals surface area contributed by atoms with E-state index in [1.54, 1.807) is 0 Å². The highest BCUT2D eigenvalue weighted by molar-refractivity contribution is 7.94. The van der Waals surface area contributed by atoms with Gasteiger partial charge in [0.2, 0.25) is 0 Å². The summed E-state index contributed by atoms with van der Waals surface area (Å²) in [5, 5.41) is 0. The highest BCUT2D eigenvalue weighted by Gasteiger charge is 2.65. The quantitative estimate of drug-likeness (QED) is 0.114. The molecule has 0 bridgehead atoms. The summed E-state index contributed by atoms with van der Waals surface area (Å²) in [6, 6.07) is 0. The minimum atomic E-state index is -4.78. The third-order valence-electron chi connectivity index (χ3n) is 3.64.